The number of anilines is 1. The van der Waals surface area contributed by atoms with Gasteiger partial charge in [-0.1, -0.05) is 11.6 Å². The summed E-state index contributed by atoms with van der Waals surface area (Å²) < 4.78 is 6.69. The lowest BCUT2D eigenvalue weighted by Gasteiger charge is -2.07. The molecule has 2 aromatic carbocycles. The number of benzene rings is 2. The molecule has 0 spiro atoms. The van der Waals surface area contributed by atoms with Crippen molar-refractivity contribution >= 4 is 45.0 Å². The van der Waals surface area contributed by atoms with Gasteiger partial charge in [-0.25, -0.2) is 0 Å². The Morgan fingerprint density at radius 3 is 2.60 bits per heavy atom. The Hall–Kier alpha value is -0.840. The van der Waals surface area contributed by atoms with Gasteiger partial charge in [0.25, 0.3) is 0 Å². The molecule has 2 nitrogen and oxygen atoms in total. The first-order valence-corrected chi connectivity index (χ1v) is 8.37. The maximum Gasteiger partial charge on any atom is 0.119 e. The van der Waals surface area contributed by atoms with Crippen LogP contribution in [0, 0.1) is 0 Å². The Kier molecular flexibility index (Phi) is 6.07. The van der Waals surface area contributed by atoms with Gasteiger partial charge in [-0.3, -0.25) is 0 Å². The number of nitrogens with two attached hydrogens (primary N) is 1. The van der Waals surface area contributed by atoms with E-state index in [-0.39, 0.29) is 0 Å². The molecule has 2 aromatic rings. The molecule has 0 bridgehead atoms. The van der Waals surface area contributed by atoms with E-state index in [0.29, 0.717) is 6.61 Å². The van der Waals surface area contributed by atoms with Crippen molar-refractivity contribution in [2.75, 3.05) is 18.1 Å². The van der Waals surface area contributed by atoms with Crippen molar-refractivity contribution in [3.8, 4) is 5.75 Å². The second kappa shape index (κ2) is 7.81. The van der Waals surface area contributed by atoms with Gasteiger partial charge >= 0.3 is 0 Å². The van der Waals surface area contributed by atoms with Gasteiger partial charge in [-0.2, -0.15) is 0 Å². The summed E-state index contributed by atoms with van der Waals surface area (Å²) in [5, 5.41) is 0.723. The summed E-state index contributed by atoms with van der Waals surface area (Å²) in [4.78, 5) is 1.20. The molecule has 0 fully saturated rings. The van der Waals surface area contributed by atoms with Crippen molar-refractivity contribution in [1.82, 2.24) is 0 Å². The van der Waals surface area contributed by atoms with Gasteiger partial charge in [-0.15, -0.1) is 11.8 Å². The van der Waals surface area contributed by atoms with Gasteiger partial charge in [0.2, 0.25) is 0 Å². The molecule has 106 valence electrons. The number of rotatable bonds is 6. The van der Waals surface area contributed by atoms with E-state index in [1.807, 2.05) is 42.5 Å². The van der Waals surface area contributed by atoms with E-state index >= 15 is 0 Å². The average Bonchev–Trinajstić information content (AvgIpc) is 2.42. The van der Waals surface area contributed by atoms with E-state index in [0.717, 1.165) is 33.1 Å². The van der Waals surface area contributed by atoms with Crippen LogP contribution in [-0.4, -0.2) is 12.4 Å². The lowest BCUT2D eigenvalue weighted by atomic mass is 10.3. The molecule has 5 heteroatoms. The van der Waals surface area contributed by atoms with Crippen molar-refractivity contribution in [2.45, 2.75) is 11.3 Å². The summed E-state index contributed by atoms with van der Waals surface area (Å²) in [6, 6.07) is 13.3. The van der Waals surface area contributed by atoms with Crippen LogP contribution in [0.4, 0.5) is 5.69 Å². The van der Waals surface area contributed by atoms with Crippen molar-refractivity contribution < 1.29 is 4.74 Å². The number of hydrogen-bond acceptors (Lipinski definition) is 3. The van der Waals surface area contributed by atoms with Crippen LogP contribution in [0.3, 0.4) is 0 Å². The van der Waals surface area contributed by atoms with Crippen molar-refractivity contribution in [1.29, 1.82) is 0 Å². The highest BCUT2D eigenvalue weighted by Gasteiger charge is 2.01. The van der Waals surface area contributed by atoms with Gasteiger partial charge in [0.15, 0.2) is 0 Å². The minimum Gasteiger partial charge on any atom is -0.494 e. The van der Waals surface area contributed by atoms with E-state index < -0.39 is 0 Å². The van der Waals surface area contributed by atoms with E-state index in [4.69, 9.17) is 22.1 Å². The summed E-state index contributed by atoms with van der Waals surface area (Å²) in [6.45, 7) is 0.696. The molecule has 20 heavy (non-hydrogen) atoms. The fourth-order valence-electron chi connectivity index (χ4n) is 1.60. The molecule has 0 aliphatic rings. The summed E-state index contributed by atoms with van der Waals surface area (Å²) in [6.07, 6.45) is 0.976. The molecule has 0 atom stereocenters. The van der Waals surface area contributed by atoms with Crippen LogP contribution in [0.2, 0.25) is 5.02 Å². The molecular weight excluding hydrogens is 358 g/mol. The third-order valence-corrected chi connectivity index (χ3v) is 4.91. The highest BCUT2D eigenvalue weighted by atomic mass is 79.9. The standard InChI is InChI=1S/C15H15BrClNOS/c16-14-10-12(18)4-7-15(14)20-9-1-8-19-13-5-2-11(17)3-6-13/h2-7,10H,1,8-9,18H2. The lowest BCUT2D eigenvalue weighted by molar-refractivity contribution is 0.319. The molecule has 0 radical (unpaired) electrons. The average molecular weight is 373 g/mol. The molecule has 0 aliphatic heterocycles. The normalized spacial score (nSPS) is 10.5. The number of thioether (sulfide) groups is 1. The quantitative estimate of drug-likeness (QED) is 0.427. The van der Waals surface area contributed by atoms with Crippen LogP contribution in [0.25, 0.3) is 0 Å². The fourth-order valence-corrected chi connectivity index (χ4v) is 3.31. The van der Waals surface area contributed by atoms with E-state index in [9.17, 15) is 0 Å². The molecule has 0 saturated heterocycles. The fraction of sp³-hybridized carbons (Fsp3) is 0.200. The van der Waals surface area contributed by atoms with Crippen LogP contribution >= 0.6 is 39.3 Å². The Balaban J connectivity index is 1.70. The second-order valence-electron chi connectivity index (χ2n) is 4.19. The molecule has 0 amide bonds. The summed E-state index contributed by atoms with van der Waals surface area (Å²) in [5.74, 6) is 1.85. The largest absolute Gasteiger partial charge is 0.494 e. The first-order valence-electron chi connectivity index (χ1n) is 6.21. The van der Waals surface area contributed by atoms with E-state index in [1.54, 1.807) is 11.8 Å². The van der Waals surface area contributed by atoms with E-state index in [2.05, 4.69) is 15.9 Å². The first kappa shape index (κ1) is 15.5. The molecular formula is C15H15BrClNOS. The Morgan fingerprint density at radius 1 is 1.15 bits per heavy atom. The number of halogens is 2. The topological polar surface area (TPSA) is 35.2 Å². The van der Waals surface area contributed by atoms with Crippen LogP contribution in [0.1, 0.15) is 6.42 Å². The summed E-state index contributed by atoms with van der Waals surface area (Å²) in [7, 11) is 0. The highest BCUT2D eigenvalue weighted by Crippen LogP contribution is 2.29. The third kappa shape index (κ3) is 4.93. The molecule has 0 aromatic heterocycles. The molecule has 2 N–H and O–H groups in total. The maximum atomic E-state index is 5.82. The predicted molar refractivity (Wildman–Crippen MR) is 90.8 cm³/mol. The zero-order valence-corrected chi connectivity index (χ0v) is 14.0. The summed E-state index contributed by atoms with van der Waals surface area (Å²) in [5.41, 5.74) is 6.48. The number of nitrogen functional groups attached to an aromatic ring is 1. The SMILES string of the molecule is Nc1ccc(SCCCOc2ccc(Cl)cc2)c(Br)c1. The Morgan fingerprint density at radius 2 is 1.90 bits per heavy atom. The highest BCUT2D eigenvalue weighted by molar-refractivity contribution is 9.10. The Labute approximate surface area is 136 Å². The van der Waals surface area contributed by atoms with E-state index in [1.165, 1.54) is 4.90 Å². The molecule has 0 unspecified atom stereocenters. The first-order chi connectivity index (χ1) is 9.65. The van der Waals surface area contributed by atoms with Crippen LogP contribution in [0.15, 0.2) is 51.8 Å². The third-order valence-electron chi connectivity index (χ3n) is 2.58. The number of ether oxygens (including phenoxy) is 1. The van der Waals surface area contributed by atoms with Gasteiger partial charge < -0.3 is 10.5 Å². The van der Waals surface area contributed by atoms with Crippen LogP contribution in [-0.2, 0) is 0 Å². The lowest BCUT2D eigenvalue weighted by Crippen LogP contribution is -1.98. The second-order valence-corrected chi connectivity index (χ2v) is 6.62. The van der Waals surface area contributed by atoms with Crippen molar-refractivity contribution in [3.63, 3.8) is 0 Å². The van der Waals surface area contributed by atoms with Crippen molar-refractivity contribution in [2.24, 2.45) is 0 Å². The smallest absolute Gasteiger partial charge is 0.119 e. The zero-order valence-electron chi connectivity index (χ0n) is 10.8. The minimum absolute atomic E-state index is 0.696. The zero-order chi connectivity index (χ0) is 14.4. The maximum absolute atomic E-state index is 5.82. The predicted octanol–water partition coefficient (Wildman–Crippen LogP) is 5.25. The van der Waals surface area contributed by atoms with Gasteiger partial charge in [0.05, 0.1) is 6.61 Å². The van der Waals surface area contributed by atoms with Crippen LogP contribution < -0.4 is 10.5 Å². The van der Waals surface area contributed by atoms with Gasteiger partial charge in [0.1, 0.15) is 5.75 Å². The number of hydrogen-bond donors (Lipinski definition) is 1. The summed E-state index contributed by atoms with van der Waals surface area (Å²) >= 11 is 11.1. The molecule has 0 aliphatic carbocycles. The van der Waals surface area contributed by atoms with Crippen molar-refractivity contribution in [3.05, 3.63) is 52.0 Å². The molecule has 2 rings (SSSR count). The minimum atomic E-state index is 0.696. The van der Waals surface area contributed by atoms with Gasteiger partial charge in [0, 0.05) is 25.8 Å². The van der Waals surface area contributed by atoms with Gasteiger partial charge in [-0.05, 0) is 64.8 Å². The Bertz CT molecular complexity index is 562. The molecule has 0 saturated carbocycles. The monoisotopic (exact) mass is 371 g/mol. The molecule has 0 heterocycles. The van der Waals surface area contributed by atoms with Crippen LogP contribution in [0.5, 0.6) is 5.75 Å².